The van der Waals surface area contributed by atoms with Crippen molar-refractivity contribution in [2.24, 2.45) is 0 Å². The predicted molar refractivity (Wildman–Crippen MR) is 141 cm³/mol. The Morgan fingerprint density at radius 3 is 2.51 bits per heavy atom. The fourth-order valence-corrected chi connectivity index (χ4v) is 4.03. The van der Waals surface area contributed by atoms with E-state index in [-0.39, 0.29) is 5.91 Å². The van der Waals surface area contributed by atoms with Crippen LogP contribution in [0.15, 0.2) is 90.6 Å². The number of thiophene rings is 1. The number of methoxy groups -OCH3 is 1. The van der Waals surface area contributed by atoms with Crippen molar-refractivity contribution in [1.29, 1.82) is 0 Å². The molecule has 0 bridgehead atoms. The normalized spacial score (nSPS) is 10.3. The first-order chi connectivity index (χ1) is 17.2. The van der Waals surface area contributed by atoms with Gasteiger partial charge in [0.1, 0.15) is 5.82 Å². The van der Waals surface area contributed by atoms with Gasteiger partial charge in [-0.1, -0.05) is 30.3 Å². The third-order valence-corrected chi connectivity index (χ3v) is 5.83. The smallest absolute Gasteiger partial charge is 0.253 e. The SMILES string of the molecule is COC.O=C(NCc1cccs1)c1ccccc1Nc1nc(-c2cccnc2)nc2ccccc12. The molecule has 0 saturated heterocycles. The van der Waals surface area contributed by atoms with E-state index in [0.29, 0.717) is 29.4 Å². The fourth-order valence-electron chi connectivity index (χ4n) is 3.39. The summed E-state index contributed by atoms with van der Waals surface area (Å²) in [7, 11) is 3.25. The van der Waals surface area contributed by atoms with E-state index in [1.807, 2.05) is 72.1 Å². The Kier molecular flexibility index (Phi) is 8.11. The molecule has 7 nitrogen and oxygen atoms in total. The summed E-state index contributed by atoms with van der Waals surface area (Å²) in [6, 6.07) is 23.0. The Hall–Kier alpha value is -4.14. The molecule has 3 aromatic heterocycles. The number of carbonyl (C=O) groups excluding carboxylic acids is 1. The molecule has 5 aromatic rings. The van der Waals surface area contributed by atoms with Crippen molar-refractivity contribution in [2.75, 3.05) is 19.5 Å². The van der Waals surface area contributed by atoms with Crippen LogP contribution in [0.2, 0.25) is 0 Å². The van der Waals surface area contributed by atoms with Gasteiger partial charge < -0.3 is 15.4 Å². The van der Waals surface area contributed by atoms with Crippen molar-refractivity contribution in [2.45, 2.75) is 6.54 Å². The minimum Gasteiger partial charge on any atom is -0.388 e. The van der Waals surface area contributed by atoms with Gasteiger partial charge in [0.15, 0.2) is 5.82 Å². The lowest BCUT2D eigenvalue weighted by molar-refractivity contribution is 0.0952. The lowest BCUT2D eigenvalue weighted by Gasteiger charge is -2.14. The summed E-state index contributed by atoms with van der Waals surface area (Å²) in [5.41, 5.74) is 2.86. The maximum absolute atomic E-state index is 12.9. The molecule has 0 spiro atoms. The van der Waals surface area contributed by atoms with E-state index in [1.165, 1.54) is 0 Å². The van der Waals surface area contributed by atoms with E-state index in [9.17, 15) is 4.79 Å². The maximum atomic E-state index is 12.9. The molecular formula is C27H25N5O2S. The number of hydrogen-bond donors (Lipinski definition) is 2. The molecule has 0 unspecified atom stereocenters. The van der Waals surface area contributed by atoms with Gasteiger partial charge in [0, 0.05) is 42.4 Å². The number of ether oxygens (including phenoxy) is 1. The number of carbonyl (C=O) groups is 1. The molecular weight excluding hydrogens is 458 g/mol. The molecule has 8 heteroatoms. The zero-order valence-electron chi connectivity index (χ0n) is 19.4. The minimum absolute atomic E-state index is 0.146. The van der Waals surface area contributed by atoms with Crippen LogP contribution in [0.25, 0.3) is 22.3 Å². The highest BCUT2D eigenvalue weighted by Crippen LogP contribution is 2.28. The van der Waals surface area contributed by atoms with Crippen molar-refractivity contribution >= 4 is 39.7 Å². The topological polar surface area (TPSA) is 89.0 Å². The number of hydrogen-bond acceptors (Lipinski definition) is 7. The van der Waals surface area contributed by atoms with Gasteiger partial charge in [-0.2, -0.15) is 0 Å². The van der Waals surface area contributed by atoms with Crippen LogP contribution in [0.4, 0.5) is 11.5 Å². The van der Waals surface area contributed by atoms with Gasteiger partial charge in [-0.05, 0) is 47.8 Å². The van der Waals surface area contributed by atoms with Gasteiger partial charge in [0.25, 0.3) is 5.91 Å². The van der Waals surface area contributed by atoms with Crippen LogP contribution in [0.1, 0.15) is 15.2 Å². The van der Waals surface area contributed by atoms with Crippen LogP contribution in [0, 0.1) is 0 Å². The molecule has 35 heavy (non-hydrogen) atoms. The second-order valence-corrected chi connectivity index (χ2v) is 8.53. The van der Waals surface area contributed by atoms with Gasteiger partial charge in [-0.15, -0.1) is 11.3 Å². The second kappa shape index (κ2) is 11.8. The first-order valence-electron chi connectivity index (χ1n) is 10.9. The summed E-state index contributed by atoms with van der Waals surface area (Å²) < 4.78 is 4.25. The molecule has 3 heterocycles. The lowest BCUT2D eigenvalue weighted by atomic mass is 10.1. The summed E-state index contributed by atoms with van der Waals surface area (Å²) in [4.78, 5) is 27.7. The highest BCUT2D eigenvalue weighted by molar-refractivity contribution is 7.09. The third-order valence-electron chi connectivity index (χ3n) is 4.95. The first-order valence-corrected chi connectivity index (χ1v) is 11.8. The average Bonchev–Trinajstić information content (AvgIpc) is 3.42. The number of nitrogens with zero attached hydrogens (tertiary/aromatic N) is 3. The number of nitrogens with one attached hydrogen (secondary N) is 2. The quantitative estimate of drug-likeness (QED) is 0.323. The fraction of sp³-hybridized carbons (Fsp3) is 0.111. The number of pyridine rings is 1. The van der Waals surface area contributed by atoms with Gasteiger partial charge >= 0.3 is 0 Å². The average molecular weight is 484 g/mol. The number of anilines is 2. The Bertz CT molecular complexity index is 1390. The third kappa shape index (κ3) is 6.06. The van der Waals surface area contributed by atoms with E-state index in [1.54, 1.807) is 44.0 Å². The van der Waals surface area contributed by atoms with E-state index in [0.717, 1.165) is 21.3 Å². The molecule has 0 aliphatic heterocycles. The highest BCUT2D eigenvalue weighted by atomic mass is 32.1. The van der Waals surface area contributed by atoms with E-state index in [4.69, 9.17) is 9.97 Å². The molecule has 0 radical (unpaired) electrons. The Morgan fingerprint density at radius 2 is 1.74 bits per heavy atom. The van der Waals surface area contributed by atoms with Gasteiger partial charge in [0.05, 0.1) is 23.3 Å². The molecule has 0 atom stereocenters. The highest BCUT2D eigenvalue weighted by Gasteiger charge is 2.14. The summed E-state index contributed by atoms with van der Waals surface area (Å²) in [6.45, 7) is 0.492. The molecule has 0 aliphatic rings. The number of fused-ring (bicyclic) bond motifs is 1. The summed E-state index contributed by atoms with van der Waals surface area (Å²) >= 11 is 1.62. The molecule has 0 aliphatic carbocycles. The van der Waals surface area contributed by atoms with Crippen LogP contribution in [-0.4, -0.2) is 35.1 Å². The van der Waals surface area contributed by atoms with Gasteiger partial charge in [-0.25, -0.2) is 9.97 Å². The summed E-state index contributed by atoms with van der Waals surface area (Å²) in [5, 5.41) is 9.23. The first kappa shape index (κ1) is 24.0. The molecule has 0 fully saturated rings. The Balaban J connectivity index is 0.000000917. The molecule has 5 rings (SSSR count). The molecule has 2 N–H and O–H groups in total. The van der Waals surface area contributed by atoms with Crippen LogP contribution in [0.5, 0.6) is 0 Å². The standard InChI is InChI=1S/C25H19N5OS.C2H6O/c31-25(27-16-18-8-6-14-32-18)20-10-2-4-12-22(20)29-24-19-9-1-3-11-21(19)28-23(30-24)17-7-5-13-26-15-17;1-3-2/h1-15H,16H2,(H,27,31)(H,28,29,30);1-2H3. The van der Waals surface area contributed by atoms with Crippen molar-refractivity contribution in [3.05, 3.63) is 101 Å². The lowest BCUT2D eigenvalue weighted by Crippen LogP contribution is -2.23. The molecule has 2 aromatic carbocycles. The van der Waals surface area contributed by atoms with Crippen molar-refractivity contribution < 1.29 is 9.53 Å². The number of para-hydroxylation sites is 2. The van der Waals surface area contributed by atoms with E-state index >= 15 is 0 Å². The van der Waals surface area contributed by atoms with Crippen LogP contribution in [-0.2, 0) is 11.3 Å². The number of rotatable bonds is 6. The molecule has 0 saturated carbocycles. The van der Waals surface area contributed by atoms with E-state index < -0.39 is 0 Å². The van der Waals surface area contributed by atoms with Crippen LogP contribution < -0.4 is 10.6 Å². The van der Waals surface area contributed by atoms with Crippen molar-refractivity contribution in [3.8, 4) is 11.4 Å². The van der Waals surface area contributed by atoms with Crippen LogP contribution in [0.3, 0.4) is 0 Å². The minimum atomic E-state index is -0.146. The second-order valence-electron chi connectivity index (χ2n) is 7.50. The van der Waals surface area contributed by atoms with Gasteiger partial charge in [0.2, 0.25) is 0 Å². The number of benzene rings is 2. The van der Waals surface area contributed by atoms with Crippen molar-refractivity contribution in [3.63, 3.8) is 0 Å². The monoisotopic (exact) mass is 483 g/mol. The Morgan fingerprint density at radius 1 is 0.943 bits per heavy atom. The molecule has 176 valence electrons. The maximum Gasteiger partial charge on any atom is 0.253 e. The summed E-state index contributed by atoms with van der Waals surface area (Å²) in [6.07, 6.45) is 3.45. The zero-order chi connectivity index (χ0) is 24.5. The van der Waals surface area contributed by atoms with E-state index in [2.05, 4.69) is 20.4 Å². The largest absolute Gasteiger partial charge is 0.388 e. The zero-order valence-corrected chi connectivity index (χ0v) is 20.3. The summed E-state index contributed by atoms with van der Waals surface area (Å²) in [5.74, 6) is 1.05. The predicted octanol–water partition coefficient (Wildman–Crippen LogP) is 5.69. The van der Waals surface area contributed by atoms with Crippen LogP contribution >= 0.6 is 11.3 Å². The molecule has 1 amide bonds. The number of aromatic nitrogens is 3. The van der Waals surface area contributed by atoms with Gasteiger partial charge in [-0.3, -0.25) is 9.78 Å². The van der Waals surface area contributed by atoms with Crippen molar-refractivity contribution in [1.82, 2.24) is 20.3 Å². The number of amides is 1. The Labute approximate surface area is 207 Å².